The lowest BCUT2D eigenvalue weighted by Gasteiger charge is -2.13. The molecule has 0 aliphatic carbocycles. The van der Waals surface area contributed by atoms with Crippen molar-refractivity contribution < 1.29 is 4.79 Å². The third-order valence-electron chi connectivity index (χ3n) is 2.05. The standard InChI is InChI=1S/C7H10N4O/c8-1-7(12)11-3-5-2-9-10-6(5)4-11/h2H,1,3-4,8H2,(H,9,10). The molecule has 5 heteroatoms. The van der Waals surface area contributed by atoms with Crippen LogP contribution in [0.25, 0.3) is 0 Å². The Morgan fingerprint density at radius 1 is 1.75 bits per heavy atom. The first-order valence-corrected chi connectivity index (χ1v) is 3.80. The van der Waals surface area contributed by atoms with Crippen LogP contribution in [0.1, 0.15) is 11.3 Å². The maximum absolute atomic E-state index is 11.1. The number of amides is 1. The fourth-order valence-corrected chi connectivity index (χ4v) is 1.37. The van der Waals surface area contributed by atoms with Crippen LogP contribution in [0, 0.1) is 0 Å². The van der Waals surface area contributed by atoms with Gasteiger partial charge in [0, 0.05) is 12.1 Å². The molecule has 0 spiro atoms. The van der Waals surface area contributed by atoms with Crippen molar-refractivity contribution in [3.05, 3.63) is 17.5 Å². The summed E-state index contributed by atoms with van der Waals surface area (Å²) in [6.07, 6.45) is 1.75. The predicted molar refractivity (Wildman–Crippen MR) is 41.9 cm³/mol. The molecule has 0 saturated heterocycles. The zero-order valence-electron chi connectivity index (χ0n) is 6.58. The maximum atomic E-state index is 11.1. The van der Waals surface area contributed by atoms with Crippen molar-refractivity contribution in [1.82, 2.24) is 15.1 Å². The molecule has 1 aromatic heterocycles. The number of fused-ring (bicyclic) bond motifs is 1. The monoisotopic (exact) mass is 166 g/mol. The second kappa shape index (κ2) is 2.60. The van der Waals surface area contributed by atoms with Crippen molar-refractivity contribution in [3.8, 4) is 0 Å². The molecule has 1 aliphatic heterocycles. The van der Waals surface area contributed by atoms with Gasteiger partial charge in [-0.2, -0.15) is 5.10 Å². The minimum absolute atomic E-state index is 0.0143. The summed E-state index contributed by atoms with van der Waals surface area (Å²) in [6.45, 7) is 1.34. The fraction of sp³-hybridized carbons (Fsp3) is 0.429. The van der Waals surface area contributed by atoms with Gasteiger partial charge in [0.15, 0.2) is 0 Å². The van der Waals surface area contributed by atoms with Gasteiger partial charge < -0.3 is 10.6 Å². The maximum Gasteiger partial charge on any atom is 0.236 e. The molecule has 0 aromatic carbocycles. The minimum atomic E-state index is -0.0143. The molecule has 2 heterocycles. The van der Waals surface area contributed by atoms with E-state index in [1.54, 1.807) is 11.1 Å². The van der Waals surface area contributed by atoms with E-state index < -0.39 is 0 Å². The number of nitrogens with two attached hydrogens (primary N) is 1. The molecule has 0 bridgehead atoms. The molecular formula is C7H10N4O. The molecule has 3 N–H and O–H groups in total. The normalized spacial score (nSPS) is 14.9. The number of H-pyrrole nitrogens is 1. The Morgan fingerprint density at radius 2 is 2.58 bits per heavy atom. The smallest absolute Gasteiger partial charge is 0.236 e. The lowest BCUT2D eigenvalue weighted by molar-refractivity contribution is -0.130. The summed E-state index contributed by atoms with van der Waals surface area (Å²) in [5.41, 5.74) is 7.36. The largest absolute Gasteiger partial charge is 0.331 e. The zero-order chi connectivity index (χ0) is 8.55. The van der Waals surface area contributed by atoms with E-state index in [0.29, 0.717) is 13.1 Å². The van der Waals surface area contributed by atoms with Crippen LogP contribution in [-0.2, 0) is 17.9 Å². The number of hydrogen-bond acceptors (Lipinski definition) is 3. The first-order chi connectivity index (χ1) is 5.81. The quantitative estimate of drug-likeness (QED) is 0.574. The highest BCUT2D eigenvalue weighted by Gasteiger charge is 2.23. The van der Waals surface area contributed by atoms with Gasteiger partial charge in [0.25, 0.3) is 0 Å². The summed E-state index contributed by atoms with van der Waals surface area (Å²) in [5, 5.41) is 6.71. The summed E-state index contributed by atoms with van der Waals surface area (Å²) >= 11 is 0. The van der Waals surface area contributed by atoms with Gasteiger partial charge in [-0.15, -0.1) is 0 Å². The Kier molecular flexibility index (Phi) is 1.58. The number of nitrogens with one attached hydrogen (secondary N) is 1. The Bertz CT molecular complexity index is 286. The molecule has 0 fully saturated rings. The second-order valence-electron chi connectivity index (χ2n) is 2.83. The molecule has 0 saturated carbocycles. The van der Waals surface area contributed by atoms with Gasteiger partial charge in [0.05, 0.1) is 25.0 Å². The van der Waals surface area contributed by atoms with Gasteiger partial charge in [-0.3, -0.25) is 9.89 Å². The highest BCUT2D eigenvalue weighted by Crippen LogP contribution is 2.19. The van der Waals surface area contributed by atoms with Gasteiger partial charge in [-0.05, 0) is 0 Å². The SMILES string of the molecule is NCC(=O)N1Cc2cn[nH]c2C1. The second-order valence-corrected chi connectivity index (χ2v) is 2.83. The van der Waals surface area contributed by atoms with E-state index in [1.807, 2.05) is 0 Å². The van der Waals surface area contributed by atoms with Crippen LogP contribution in [0.4, 0.5) is 0 Å². The number of aromatic amines is 1. The Balaban J connectivity index is 2.12. The molecule has 5 nitrogen and oxygen atoms in total. The summed E-state index contributed by atoms with van der Waals surface area (Å²) in [6, 6.07) is 0. The first kappa shape index (κ1) is 7.30. The predicted octanol–water partition coefficient (Wildman–Crippen LogP) is -0.789. The van der Waals surface area contributed by atoms with E-state index in [2.05, 4.69) is 10.2 Å². The average Bonchev–Trinajstić information content (AvgIpc) is 2.60. The summed E-state index contributed by atoms with van der Waals surface area (Å²) in [5.74, 6) is -0.0143. The molecule has 12 heavy (non-hydrogen) atoms. The summed E-state index contributed by atoms with van der Waals surface area (Å²) in [4.78, 5) is 12.9. The average molecular weight is 166 g/mol. The highest BCUT2D eigenvalue weighted by atomic mass is 16.2. The van der Waals surface area contributed by atoms with Crippen LogP contribution in [0.2, 0.25) is 0 Å². The molecule has 0 radical (unpaired) electrons. The molecule has 0 atom stereocenters. The van der Waals surface area contributed by atoms with Crippen LogP contribution < -0.4 is 5.73 Å². The van der Waals surface area contributed by atoms with Crippen molar-refractivity contribution >= 4 is 5.91 Å². The van der Waals surface area contributed by atoms with Gasteiger partial charge in [0.1, 0.15) is 0 Å². The van der Waals surface area contributed by atoms with Crippen molar-refractivity contribution in [1.29, 1.82) is 0 Å². The van der Waals surface area contributed by atoms with Crippen molar-refractivity contribution in [3.63, 3.8) is 0 Å². The lowest BCUT2D eigenvalue weighted by Crippen LogP contribution is -2.31. The third kappa shape index (κ3) is 0.984. The summed E-state index contributed by atoms with van der Waals surface area (Å²) in [7, 11) is 0. The topological polar surface area (TPSA) is 75.0 Å². The zero-order valence-corrected chi connectivity index (χ0v) is 6.58. The Hall–Kier alpha value is -1.36. The van der Waals surface area contributed by atoms with E-state index >= 15 is 0 Å². The van der Waals surface area contributed by atoms with Crippen molar-refractivity contribution in [2.24, 2.45) is 5.73 Å². The van der Waals surface area contributed by atoms with E-state index in [1.165, 1.54) is 0 Å². The third-order valence-corrected chi connectivity index (χ3v) is 2.05. The van der Waals surface area contributed by atoms with Crippen molar-refractivity contribution in [2.75, 3.05) is 6.54 Å². The number of carbonyl (C=O) groups excluding carboxylic acids is 1. The lowest BCUT2D eigenvalue weighted by atomic mass is 10.3. The number of hydrogen-bond donors (Lipinski definition) is 2. The summed E-state index contributed by atoms with van der Waals surface area (Å²) < 4.78 is 0. The fourth-order valence-electron chi connectivity index (χ4n) is 1.37. The number of aromatic nitrogens is 2. The number of carbonyl (C=O) groups is 1. The highest BCUT2D eigenvalue weighted by molar-refractivity contribution is 5.78. The minimum Gasteiger partial charge on any atom is -0.331 e. The molecule has 1 aromatic rings. The molecular weight excluding hydrogens is 156 g/mol. The Labute approximate surface area is 69.5 Å². The molecule has 1 amide bonds. The Morgan fingerprint density at radius 3 is 3.25 bits per heavy atom. The van der Waals surface area contributed by atoms with E-state index in [9.17, 15) is 4.79 Å². The van der Waals surface area contributed by atoms with E-state index in [-0.39, 0.29) is 12.5 Å². The van der Waals surface area contributed by atoms with Crippen LogP contribution in [-0.4, -0.2) is 27.5 Å². The first-order valence-electron chi connectivity index (χ1n) is 3.80. The van der Waals surface area contributed by atoms with Crippen LogP contribution in [0.3, 0.4) is 0 Å². The van der Waals surface area contributed by atoms with Gasteiger partial charge in [-0.1, -0.05) is 0 Å². The molecule has 1 aliphatic rings. The van der Waals surface area contributed by atoms with Crippen LogP contribution in [0.5, 0.6) is 0 Å². The van der Waals surface area contributed by atoms with Crippen LogP contribution >= 0.6 is 0 Å². The van der Waals surface area contributed by atoms with Gasteiger partial charge >= 0.3 is 0 Å². The molecule has 2 rings (SSSR count). The van der Waals surface area contributed by atoms with Crippen LogP contribution in [0.15, 0.2) is 6.20 Å². The van der Waals surface area contributed by atoms with Gasteiger partial charge in [0.2, 0.25) is 5.91 Å². The molecule has 0 unspecified atom stereocenters. The number of nitrogens with zero attached hydrogens (tertiary/aromatic N) is 2. The number of rotatable bonds is 1. The van der Waals surface area contributed by atoms with E-state index in [4.69, 9.17) is 5.73 Å². The molecule has 64 valence electrons. The van der Waals surface area contributed by atoms with Gasteiger partial charge in [-0.25, -0.2) is 0 Å². The van der Waals surface area contributed by atoms with Crippen molar-refractivity contribution in [2.45, 2.75) is 13.1 Å². The van der Waals surface area contributed by atoms with E-state index in [0.717, 1.165) is 11.3 Å².